The molecule has 0 spiro atoms. The van der Waals surface area contributed by atoms with E-state index < -0.39 is 28.5 Å². The van der Waals surface area contributed by atoms with Gasteiger partial charge in [0.15, 0.2) is 0 Å². The number of nitrogens with zero attached hydrogens (tertiary/aromatic N) is 2. The van der Waals surface area contributed by atoms with Gasteiger partial charge in [-0.15, -0.1) is 11.8 Å². The molecule has 3 rings (SSSR count). The van der Waals surface area contributed by atoms with Crippen LogP contribution < -0.4 is 19.1 Å². The molecule has 0 bridgehead atoms. The van der Waals surface area contributed by atoms with E-state index in [0.29, 0.717) is 30.2 Å². The van der Waals surface area contributed by atoms with Gasteiger partial charge in [-0.2, -0.15) is 0 Å². The van der Waals surface area contributed by atoms with Gasteiger partial charge < -0.3 is 19.7 Å². The number of hydrogen-bond acceptors (Lipinski definition) is 7. The molecule has 0 aliphatic rings. The highest BCUT2D eigenvalue weighted by Crippen LogP contribution is 2.28. The molecule has 9 nitrogen and oxygen atoms in total. The lowest BCUT2D eigenvalue weighted by molar-refractivity contribution is -0.140. The van der Waals surface area contributed by atoms with E-state index in [1.807, 2.05) is 19.2 Å². The van der Waals surface area contributed by atoms with Gasteiger partial charge in [-0.05, 0) is 85.8 Å². The zero-order valence-electron chi connectivity index (χ0n) is 24.0. The Balaban J connectivity index is 2.06. The number of ether oxygens (including phenoxy) is 2. The quantitative estimate of drug-likeness (QED) is 0.271. The number of methoxy groups -OCH3 is 1. The molecule has 0 aromatic heterocycles. The maximum atomic E-state index is 14.0. The number of nitrogens with one attached hydrogen (secondary N) is 1. The minimum Gasteiger partial charge on any atom is -0.497 e. The van der Waals surface area contributed by atoms with E-state index in [2.05, 4.69) is 5.32 Å². The summed E-state index contributed by atoms with van der Waals surface area (Å²) < 4.78 is 39.9. The van der Waals surface area contributed by atoms with Gasteiger partial charge in [0.25, 0.3) is 10.0 Å². The second-order valence-corrected chi connectivity index (χ2v) is 11.8. The van der Waals surface area contributed by atoms with Crippen LogP contribution in [0.5, 0.6) is 11.5 Å². The first-order valence-corrected chi connectivity index (χ1v) is 15.9. The van der Waals surface area contributed by atoms with Crippen LogP contribution in [-0.4, -0.2) is 64.7 Å². The molecule has 0 aliphatic heterocycles. The van der Waals surface area contributed by atoms with Crippen LogP contribution in [0.15, 0.2) is 82.6 Å². The summed E-state index contributed by atoms with van der Waals surface area (Å²) in [5.74, 6) is 0.318. The molecule has 41 heavy (non-hydrogen) atoms. The Hall–Kier alpha value is -3.70. The molecule has 0 aliphatic carbocycles. The molecule has 0 saturated heterocycles. The molecule has 3 aromatic rings. The second kappa shape index (κ2) is 14.8. The number of sulfonamides is 1. The molecular formula is C30H37N3O6S2. The summed E-state index contributed by atoms with van der Waals surface area (Å²) in [6.07, 6.45) is 2.24. The van der Waals surface area contributed by atoms with Crippen molar-refractivity contribution in [3.8, 4) is 11.5 Å². The highest BCUT2D eigenvalue weighted by Gasteiger charge is 2.33. The van der Waals surface area contributed by atoms with Crippen molar-refractivity contribution < 1.29 is 27.5 Å². The van der Waals surface area contributed by atoms with Gasteiger partial charge in [0.1, 0.15) is 24.1 Å². The third-order valence-corrected chi connectivity index (χ3v) is 9.01. The van der Waals surface area contributed by atoms with E-state index in [1.165, 1.54) is 35.8 Å². The van der Waals surface area contributed by atoms with Gasteiger partial charge in [0.2, 0.25) is 11.8 Å². The molecule has 2 amide bonds. The lowest BCUT2D eigenvalue weighted by Gasteiger charge is -2.33. The molecule has 1 atom stereocenters. The number of likely N-dealkylation sites (N-methyl/N-ethyl adjacent to an activating group) is 1. The smallest absolute Gasteiger partial charge is 0.264 e. The van der Waals surface area contributed by atoms with Gasteiger partial charge in [-0.1, -0.05) is 19.1 Å². The number of hydrogen-bond donors (Lipinski definition) is 1. The summed E-state index contributed by atoms with van der Waals surface area (Å²) in [7, 11) is -1.10. The monoisotopic (exact) mass is 599 g/mol. The van der Waals surface area contributed by atoms with Crippen LogP contribution in [-0.2, 0) is 26.2 Å². The molecule has 3 aromatic carbocycles. The maximum absolute atomic E-state index is 14.0. The fourth-order valence-electron chi connectivity index (χ4n) is 4.33. The SMILES string of the molecule is CCOc1ccc(N(CC(=O)N(Cc2cccc(OC)c2)[C@@H](CC)C(=O)NC)S(=O)(=O)c2ccc(SC)cc2)cc1. The van der Waals surface area contributed by atoms with Crippen LogP contribution in [0.25, 0.3) is 0 Å². The molecule has 0 fully saturated rings. The average Bonchev–Trinajstić information content (AvgIpc) is 3.00. The minimum atomic E-state index is -4.16. The van der Waals surface area contributed by atoms with Gasteiger partial charge in [-0.25, -0.2) is 8.42 Å². The summed E-state index contributed by atoms with van der Waals surface area (Å²) in [5.41, 5.74) is 1.04. The molecule has 0 radical (unpaired) electrons. The molecule has 11 heteroatoms. The minimum absolute atomic E-state index is 0.0506. The third kappa shape index (κ3) is 7.95. The Morgan fingerprint density at radius 1 is 0.976 bits per heavy atom. The predicted octanol–water partition coefficient (Wildman–Crippen LogP) is 4.56. The third-order valence-electron chi connectivity index (χ3n) is 6.48. The summed E-state index contributed by atoms with van der Waals surface area (Å²) in [4.78, 5) is 29.3. The Morgan fingerprint density at radius 2 is 1.66 bits per heavy atom. The number of anilines is 1. The maximum Gasteiger partial charge on any atom is 0.264 e. The van der Waals surface area contributed by atoms with Crippen LogP contribution in [0, 0.1) is 0 Å². The second-order valence-electron chi connectivity index (χ2n) is 9.03. The first-order chi connectivity index (χ1) is 19.7. The first kappa shape index (κ1) is 31.8. The van der Waals surface area contributed by atoms with Crippen LogP contribution in [0.3, 0.4) is 0 Å². The Morgan fingerprint density at radius 3 is 2.22 bits per heavy atom. The fraction of sp³-hybridized carbons (Fsp3) is 0.333. The van der Waals surface area contributed by atoms with Crippen molar-refractivity contribution in [3.05, 3.63) is 78.4 Å². The Bertz CT molecular complexity index is 1410. The van der Waals surface area contributed by atoms with E-state index >= 15 is 0 Å². The summed E-state index contributed by atoms with van der Waals surface area (Å²) in [6, 6.07) is 19.4. The van der Waals surface area contributed by atoms with E-state index in [4.69, 9.17) is 9.47 Å². The number of carbonyl (C=O) groups is 2. The van der Waals surface area contributed by atoms with Crippen molar-refractivity contribution in [1.29, 1.82) is 0 Å². The van der Waals surface area contributed by atoms with E-state index in [-0.39, 0.29) is 17.3 Å². The first-order valence-electron chi connectivity index (χ1n) is 13.2. The van der Waals surface area contributed by atoms with Crippen molar-refractivity contribution in [2.75, 3.05) is 37.9 Å². The normalized spacial score (nSPS) is 11.8. The molecule has 1 N–H and O–H groups in total. The van der Waals surface area contributed by atoms with Crippen molar-refractivity contribution in [2.24, 2.45) is 0 Å². The Labute approximate surface area is 246 Å². The lowest BCUT2D eigenvalue weighted by atomic mass is 10.1. The average molecular weight is 600 g/mol. The van der Waals surface area contributed by atoms with Gasteiger partial charge in [0, 0.05) is 18.5 Å². The van der Waals surface area contributed by atoms with Crippen molar-refractivity contribution >= 4 is 39.3 Å². The zero-order chi connectivity index (χ0) is 30.0. The fourth-order valence-corrected chi connectivity index (χ4v) is 6.15. The standard InChI is InChI=1S/C30H37N3O6S2/c1-6-28(30(35)31-3)32(20-22-9-8-10-25(19-22)38-4)29(34)21-33(23-11-13-24(14-12-23)39-7-2)41(36,37)27-17-15-26(40-5)16-18-27/h8-19,28H,6-7,20-21H2,1-5H3,(H,31,35)/t28-/m0/s1. The van der Waals surface area contributed by atoms with E-state index in [9.17, 15) is 18.0 Å². The van der Waals surface area contributed by atoms with E-state index in [0.717, 1.165) is 14.8 Å². The van der Waals surface area contributed by atoms with Crippen LogP contribution in [0.4, 0.5) is 5.69 Å². The highest BCUT2D eigenvalue weighted by molar-refractivity contribution is 7.98. The van der Waals surface area contributed by atoms with Gasteiger partial charge >= 0.3 is 0 Å². The van der Waals surface area contributed by atoms with Crippen LogP contribution in [0.1, 0.15) is 25.8 Å². The summed E-state index contributed by atoms with van der Waals surface area (Å²) in [5, 5.41) is 2.62. The molecular weight excluding hydrogens is 562 g/mol. The summed E-state index contributed by atoms with van der Waals surface area (Å²) in [6.45, 7) is 3.69. The zero-order valence-corrected chi connectivity index (χ0v) is 25.6. The largest absolute Gasteiger partial charge is 0.497 e. The highest BCUT2D eigenvalue weighted by atomic mass is 32.2. The molecule has 220 valence electrons. The molecule has 0 unspecified atom stereocenters. The van der Waals surface area contributed by atoms with E-state index in [1.54, 1.807) is 68.6 Å². The number of amides is 2. The topological polar surface area (TPSA) is 105 Å². The number of thioether (sulfide) groups is 1. The van der Waals surface area contributed by atoms with Crippen LogP contribution >= 0.6 is 11.8 Å². The van der Waals surface area contributed by atoms with Crippen molar-refractivity contribution in [3.63, 3.8) is 0 Å². The number of benzene rings is 3. The van der Waals surface area contributed by atoms with Crippen LogP contribution in [0.2, 0.25) is 0 Å². The van der Waals surface area contributed by atoms with Crippen molar-refractivity contribution in [1.82, 2.24) is 10.2 Å². The Kier molecular flexibility index (Phi) is 11.5. The van der Waals surface area contributed by atoms with Crippen molar-refractivity contribution in [2.45, 2.75) is 42.6 Å². The number of carbonyl (C=O) groups excluding carboxylic acids is 2. The molecule has 0 heterocycles. The van der Waals surface area contributed by atoms with Gasteiger partial charge in [-0.3, -0.25) is 13.9 Å². The predicted molar refractivity (Wildman–Crippen MR) is 162 cm³/mol. The lowest BCUT2D eigenvalue weighted by Crippen LogP contribution is -2.51. The number of rotatable bonds is 14. The van der Waals surface area contributed by atoms with Gasteiger partial charge in [0.05, 0.1) is 24.3 Å². The molecule has 0 saturated carbocycles. The summed E-state index contributed by atoms with van der Waals surface area (Å²) >= 11 is 1.50.